The van der Waals surface area contributed by atoms with Gasteiger partial charge in [0.15, 0.2) is 6.10 Å². The van der Waals surface area contributed by atoms with Crippen LogP contribution in [0.5, 0.6) is 0 Å². The number of rotatable bonds is 6. The second-order valence-electron chi connectivity index (χ2n) is 8.05. The number of nitrogens with two attached hydrogens (primary N) is 1. The number of primary sulfonamides is 1. The summed E-state index contributed by atoms with van der Waals surface area (Å²) in [5, 5.41) is 8.31. The molecule has 1 aromatic heterocycles. The lowest BCUT2D eigenvalue weighted by atomic mass is 10.0. The first kappa shape index (κ1) is 24.1. The van der Waals surface area contributed by atoms with Gasteiger partial charge in [-0.2, -0.15) is 0 Å². The molecule has 1 heterocycles. The molecule has 3 N–H and O–H groups in total. The van der Waals surface area contributed by atoms with E-state index in [-0.39, 0.29) is 4.90 Å². The SMILES string of the molecule is Cc1ccc2nc(-c3ccccc3)cc(C(=O)O[C@@H](C)C(=O)Nc3ccc(S(N)(=O)=O)cc3)c2c1. The minimum Gasteiger partial charge on any atom is -0.449 e. The van der Waals surface area contributed by atoms with Crippen molar-refractivity contribution in [2.45, 2.75) is 24.8 Å². The second-order valence-corrected chi connectivity index (χ2v) is 9.61. The summed E-state index contributed by atoms with van der Waals surface area (Å²) >= 11 is 0. The van der Waals surface area contributed by atoms with Crippen LogP contribution in [0.1, 0.15) is 22.8 Å². The topological polar surface area (TPSA) is 128 Å². The van der Waals surface area contributed by atoms with E-state index < -0.39 is 28.0 Å². The maximum absolute atomic E-state index is 13.2. The molecule has 0 aliphatic carbocycles. The third kappa shape index (κ3) is 5.53. The largest absolute Gasteiger partial charge is 0.449 e. The number of hydrogen-bond donors (Lipinski definition) is 2. The van der Waals surface area contributed by atoms with Crippen molar-refractivity contribution in [1.82, 2.24) is 4.98 Å². The first-order valence-corrected chi connectivity index (χ1v) is 12.3. The van der Waals surface area contributed by atoms with Crippen LogP contribution in [0.25, 0.3) is 22.2 Å². The summed E-state index contributed by atoms with van der Waals surface area (Å²) in [7, 11) is -3.84. The Morgan fingerprint density at radius 2 is 1.66 bits per heavy atom. The van der Waals surface area contributed by atoms with E-state index in [0.29, 0.717) is 27.8 Å². The highest BCUT2D eigenvalue weighted by molar-refractivity contribution is 7.89. The molecule has 1 amide bonds. The molecule has 0 saturated heterocycles. The summed E-state index contributed by atoms with van der Waals surface area (Å²) in [4.78, 5) is 30.4. The number of carbonyl (C=O) groups is 2. The molecule has 4 rings (SSSR count). The number of fused-ring (bicyclic) bond motifs is 1. The number of amides is 1. The van der Waals surface area contributed by atoms with E-state index in [0.717, 1.165) is 11.1 Å². The van der Waals surface area contributed by atoms with Crippen LogP contribution in [0, 0.1) is 6.92 Å². The molecular formula is C26H23N3O5S. The molecule has 0 radical (unpaired) electrons. The predicted molar refractivity (Wildman–Crippen MR) is 133 cm³/mol. The van der Waals surface area contributed by atoms with Crippen molar-refractivity contribution in [2.24, 2.45) is 5.14 Å². The molecule has 9 heteroatoms. The number of esters is 1. The minimum atomic E-state index is -3.84. The molecule has 0 unspecified atom stereocenters. The van der Waals surface area contributed by atoms with Gasteiger partial charge in [0, 0.05) is 16.6 Å². The number of anilines is 1. The smallest absolute Gasteiger partial charge is 0.339 e. The monoisotopic (exact) mass is 489 g/mol. The van der Waals surface area contributed by atoms with Gasteiger partial charge in [-0.3, -0.25) is 4.79 Å². The number of nitrogens with one attached hydrogen (secondary N) is 1. The molecule has 0 bridgehead atoms. The highest BCUT2D eigenvalue weighted by atomic mass is 32.2. The average Bonchev–Trinajstić information content (AvgIpc) is 2.83. The van der Waals surface area contributed by atoms with Gasteiger partial charge in [-0.15, -0.1) is 0 Å². The predicted octanol–water partition coefficient (Wildman–Crippen LogP) is 4.04. The zero-order chi connectivity index (χ0) is 25.2. The Balaban J connectivity index is 1.57. The summed E-state index contributed by atoms with van der Waals surface area (Å²) in [6.45, 7) is 3.37. The summed E-state index contributed by atoms with van der Waals surface area (Å²) in [5.74, 6) is -1.23. The van der Waals surface area contributed by atoms with Gasteiger partial charge in [-0.25, -0.2) is 23.3 Å². The van der Waals surface area contributed by atoms with E-state index in [1.165, 1.54) is 31.2 Å². The van der Waals surface area contributed by atoms with Gasteiger partial charge in [-0.05, 0) is 56.3 Å². The number of aryl methyl sites for hydroxylation is 1. The molecule has 8 nitrogen and oxygen atoms in total. The highest BCUT2D eigenvalue weighted by Crippen LogP contribution is 2.26. The van der Waals surface area contributed by atoms with Gasteiger partial charge in [0.05, 0.1) is 21.7 Å². The Morgan fingerprint density at radius 1 is 0.971 bits per heavy atom. The van der Waals surface area contributed by atoms with Crippen LogP contribution in [-0.2, 0) is 19.6 Å². The van der Waals surface area contributed by atoms with Gasteiger partial charge >= 0.3 is 5.97 Å². The maximum Gasteiger partial charge on any atom is 0.339 e. The molecule has 35 heavy (non-hydrogen) atoms. The number of aromatic nitrogens is 1. The number of sulfonamides is 1. The summed E-state index contributed by atoms with van der Waals surface area (Å²) in [6, 6.07) is 22.1. The molecule has 0 aliphatic rings. The van der Waals surface area contributed by atoms with Crippen molar-refractivity contribution >= 4 is 38.5 Å². The lowest BCUT2D eigenvalue weighted by molar-refractivity contribution is -0.123. The third-order valence-electron chi connectivity index (χ3n) is 5.36. The molecule has 3 aromatic carbocycles. The number of nitrogens with zero attached hydrogens (tertiary/aromatic N) is 1. The van der Waals surface area contributed by atoms with Crippen LogP contribution in [0.2, 0.25) is 0 Å². The van der Waals surface area contributed by atoms with E-state index in [2.05, 4.69) is 10.3 Å². The van der Waals surface area contributed by atoms with E-state index >= 15 is 0 Å². The fraction of sp³-hybridized carbons (Fsp3) is 0.115. The maximum atomic E-state index is 13.2. The molecule has 0 aliphatic heterocycles. The van der Waals surface area contributed by atoms with Crippen LogP contribution in [0.4, 0.5) is 5.69 Å². The summed E-state index contributed by atoms with van der Waals surface area (Å²) in [6.07, 6.45) is -1.12. The first-order valence-electron chi connectivity index (χ1n) is 10.7. The lowest BCUT2D eigenvalue weighted by Crippen LogP contribution is -2.30. The van der Waals surface area contributed by atoms with Crippen LogP contribution in [0.15, 0.2) is 83.8 Å². The van der Waals surface area contributed by atoms with Crippen LogP contribution in [-0.4, -0.2) is 31.4 Å². The molecular weight excluding hydrogens is 466 g/mol. The Morgan fingerprint density at radius 3 is 2.31 bits per heavy atom. The van der Waals surface area contributed by atoms with E-state index in [4.69, 9.17) is 9.88 Å². The quantitative estimate of drug-likeness (QED) is 0.393. The fourth-order valence-corrected chi connectivity index (χ4v) is 4.03. The van der Waals surface area contributed by atoms with Gasteiger partial charge in [0.25, 0.3) is 5.91 Å². The van der Waals surface area contributed by atoms with E-state index in [1.54, 1.807) is 6.07 Å². The number of benzene rings is 3. The van der Waals surface area contributed by atoms with Crippen molar-refractivity contribution in [3.8, 4) is 11.3 Å². The zero-order valence-corrected chi connectivity index (χ0v) is 19.9. The third-order valence-corrected chi connectivity index (χ3v) is 6.29. The molecule has 0 saturated carbocycles. The minimum absolute atomic E-state index is 0.0796. The molecule has 4 aromatic rings. The molecule has 1 atom stereocenters. The lowest BCUT2D eigenvalue weighted by Gasteiger charge is -2.15. The van der Waals surface area contributed by atoms with Gasteiger partial charge in [0.2, 0.25) is 10.0 Å². The standard InChI is InChI=1S/C26H23N3O5S/c1-16-8-13-23-21(14-16)22(15-24(29-23)18-6-4-3-5-7-18)26(31)34-17(2)25(30)28-19-9-11-20(12-10-19)35(27,32)33/h3-15,17H,1-2H3,(H,28,30)(H2,27,32,33)/t17-/m0/s1. The van der Waals surface area contributed by atoms with Crippen molar-refractivity contribution in [2.75, 3.05) is 5.32 Å². The number of ether oxygens (including phenoxy) is 1. The van der Waals surface area contributed by atoms with Crippen molar-refractivity contribution in [3.63, 3.8) is 0 Å². The van der Waals surface area contributed by atoms with Crippen molar-refractivity contribution in [1.29, 1.82) is 0 Å². The van der Waals surface area contributed by atoms with Crippen LogP contribution < -0.4 is 10.5 Å². The zero-order valence-electron chi connectivity index (χ0n) is 19.1. The van der Waals surface area contributed by atoms with Crippen molar-refractivity contribution < 1.29 is 22.7 Å². The highest BCUT2D eigenvalue weighted by Gasteiger charge is 2.22. The average molecular weight is 490 g/mol. The van der Waals surface area contributed by atoms with Gasteiger partial charge < -0.3 is 10.1 Å². The summed E-state index contributed by atoms with van der Waals surface area (Å²) < 4.78 is 28.3. The van der Waals surface area contributed by atoms with Crippen LogP contribution >= 0.6 is 0 Å². The number of carbonyl (C=O) groups excluding carboxylic acids is 2. The van der Waals surface area contributed by atoms with Crippen molar-refractivity contribution in [3.05, 3.63) is 90.0 Å². The van der Waals surface area contributed by atoms with E-state index in [1.807, 2.05) is 55.5 Å². The van der Waals surface area contributed by atoms with E-state index in [9.17, 15) is 18.0 Å². The second kappa shape index (κ2) is 9.65. The number of hydrogen-bond acceptors (Lipinski definition) is 6. The Kier molecular flexibility index (Phi) is 6.63. The molecule has 0 fully saturated rings. The molecule has 178 valence electrons. The summed E-state index contributed by atoms with van der Waals surface area (Å²) in [5.41, 5.74) is 3.68. The number of pyridine rings is 1. The Bertz CT molecular complexity index is 1520. The Labute approximate surface area is 202 Å². The van der Waals surface area contributed by atoms with Crippen LogP contribution in [0.3, 0.4) is 0 Å². The fourth-order valence-electron chi connectivity index (χ4n) is 3.51. The normalized spacial score (nSPS) is 12.2. The molecule has 0 spiro atoms. The first-order chi connectivity index (χ1) is 16.6. The Hall–Kier alpha value is -4.08. The van der Waals surface area contributed by atoms with Gasteiger partial charge in [-0.1, -0.05) is 42.0 Å². The van der Waals surface area contributed by atoms with Gasteiger partial charge in [0.1, 0.15) is 0 Å².